The predicted octanol–water partition coefficient (Wildman–Crippen LogP) is 21.9. The number of amides is 1. The first-order valence-electron chi connectivity index (χ1n) is 34.1. The maximum absolute atomic E-state index is 12.4. The minimum absolute atomic E-state index is 0.0000577. The van der Waals surface area contributed by atoms with Gasteiger partial charge in [-0.25, -0.2) is 0 Å². The van der Waals surface area contributed by atoms with Crippen LogP contribution in [0.15, 0.2) is 60.8 Å². The Morgan fingerprint density at radius 1 is 0.364 bits per heavy atom. The third-order valence-electron chi connectivity index (χ3n) is 15.5. The Kier molecular flexibility index (Phi) is 64.0. The molecule has 0 saturated heterocycles. The number of esters is 1. The average molecular weight is 1080 g/mol. The highest BCUT2D eigenvalue weighted by atomic mass is 16.5. The fourth-order valence-electron chi connectivity index (χ4n) is 10.3. The topological polar surface area (TPSA) is 95.9 Å². The van der Waals surface area contributed by atoms with Crippen molar-refractivity contribution >= 4 is 11.9 Å². The molecule has 0 aliphatic carbocycles. The summed E-state index contributed by atoms with van der Waals surface area (Å²) >= 11 is 0. The van der Waals surface area contributed by atoms with Crippen molar-refractivity contribution in [1.82, 2.24) is 5.32 Å². The number of allylic oxidation sites excluding steroid dienone is 9. The number of nitrogens with one attached hydrogen (secondary N) is 1. The Morgan fingerprint density at radius 3 is 1.00 bits per heavy atom. The Labute approximate surface area is 479 Å². The Bertz CT molecular complexity index is 1340. The van der Waals surface area contributed by atoms with E-state index in [4.69, 9.17) is 4.74 Å². The van der Waals surface area contributed by atoms with Gasteiger partial charge >= 0.3 is 5.97 Å². The third-order valence-corrected chi connectivity index (χ3v) is 15.5. The van der Waals surface area contributed by atoms with Gasteiger partial charge in [0.1, 0.15) is 0 Å². The first-order valence-corrected chi connectivity index (χ1v) is 34.1. The van der Waals surface area contributed by atoms with Crippen LogP contribution in [0, 0.1) is 0 Å². The van der Waals surface area contributed by atoms with Gasteiger partial charge in [0.15, 0.2) is 0 Å². The Morgan fingerprint density at radius 2 is 0.649 bits per heavy atom. The van der Waals surface area contributed by atoms with E-state index < -0.39 is 12.1 Å². The summed E-state index contributed by atoms with van der Waals surface area (Å²) in [7, 11) is 0. The van der Waals surface area contributed by atoms with Crippen molar-refractivity contribution < 1.29 is 24.5 Å². The van der Waals surface area contributed by atoms with Crippen LogP contribution in [0.2, 0.25) is 0 Å². The summed E-state index contributed by atoms with van der Waals surface area (Å²) in [5.74, 6) is -0.0670. The van der Waals surface area contributed by atoms with Gasteiger partial charge in [0.05, 0.1) is 25.4 Å². The smallest absolute Gasteiger partial charge is 0.305 e. The van der Waals surface area contributed by atoms with Crippen LogP contribution in [0.3, 0.4) is 0 Å². The van der Waals surface area contributed by atoms with Crippen LogP contribution in [-0.4, -0.2) is 47.4 Å². The molecular weight excluding hydrogens is 947 g/mol. The second-order valence-electron chi connectivity index (χ2n) is 23.1. The molecule has 2 atom stereocenters. The normalized spacial score (nSPS) is 12.9. The van der Waals surface area contributed by atoms with E-state index in [0.717, 1.165) is 57.8 Å². The van der Waals surface area contributed by atoms with Gasteiger partial charge in [-0.1, -0.05) is 306 Å². The molecule has 0 rings (SSSR count). The van der Waals surface area contributed by atoms with E-state index in [2.05, 4.69) is 67.8 Å². The highest BCUT2D eigenvalue weighted by molar-refractivity contribution is 5.76. The molecule has 0 aliphatic rings. The van der Waals surface area contributed by atoms with E-state index in [1.54, 1.807) is 6.08 Å². The number of aliphatic hydroxyl groups excluding tert-OH is 2. The van der Waals surface area contributed by atoms with Crippen LogP contribution >= 0.6 is 0 Å². The van der Waals surface area contributed by atoms with Gasteiger partial charge in [0, 0.05) is 12.8 Å². The summed E-state index contributed by atoms with van der Waals surface area (Å²) < 4.78 is 5.48. The van der Waals surface area contributed by atoms with E-state index in [1.165, 1.54) is 270 Å². The molecular formula is C71H131NO5. The molecule has 0 aromatic heterocycles. The second kappa shape index (κ2) is 66.1. The predicted molar refractivity (Wildman–Crippen MR) is 338 cm³/mol. The third kappa shape index (κ3) is 62.6. The number of unbranched alkanes of at least 4 members (excludes halogenated alkanes) is 44. The average Bonchev–Trinajstić information content (AvgIpc) is 3.43. The van der Waals surface area contributed by atoms with Crippen LogP contribution in [-0.2, 0) is 14.3 Å². The summed E-state index contributed by atoms with van der Waals surface area (Å²) in [6, 6.07) is -0.626. The molecule has 6 heteroatoms. The van der Waals surface area contributed by atoms with Gasteiger partial charge in [0.25, 0.3) is 0 Å². The lowest BCUT2D eigenvalue weighted by Gasteiger charge is -2.20. The van der Waals surface area contributed by atoms with Crippen LogP contribution in [0.5, 0.6) is 0 Å². The molecule has 450 valence electrons. The summed E-state index contributed by atoms with van der Waals surface area (Å²) in [6.45, 7) is 4.87. The second-order valence-corrected chi connectivity index (χ2v) is 23.1. The van der Waals surface area contributed by atoms with Gasteiger partial charge in [-0.2, -0.15) is 0 Å². The molecule has 0 saturated carbocycles. The molecule has 0 spiro atoms. The van der Waals surface area contributed by atoms with Crippen molar-refractivity contribution in [1.29, 1.82) is 0 Å². The van der Waals surface area contributed by atoms with Crippen molar-refractivity contribution in [3.05, 3.63) is 60.8 Å². The summed E-state index contributed by atoms with van der Waals surface area (Å²) in [6.07, 6.45) is 87.3. The molecule has 6 nitrogen and oxygen atoms in total. The molecule has 77 heavy (non-hydrogen) atoms. The van der Waals surface area contributed by atoms with Gasteiger partial charge in [0.2, 0.25) is 5.91 Å². The Hall–Kier alpha value is -2.44. The minimum atomic E-state index is -0.842. The van der Waals surface area contributed by atoms with Crippen molar-refractivity contribution in [2.24, 2.45) is 0 Å². The van der Waals surface area contributed by atoms with Gasteiger partial charge in [-0.3, -0.25) is 9.59 Å². The lowest BCUT2D eigenvalue weighted by atomic mass is 10.0. The fourth-order valence-corrected chi connectivity index (χ4v) is 10.3. The van der Waals surface area contributed by atoms with E-state index in [-0.39, 0.29) is 18.5 Å². The molecule has 1 amide bonds. The number of hydrogen-bond acceptors (Lipinski definition) is 5. The molecule has 0 aliphatic heterocycles. The van der Waals surface area contributed by atoms with E-state index in [9.17, 15) is 19.8 Å². The zero-order valence-corrected chi connectivity index (χ0v) is 51.4. The molecule has 0 fully saturated rings. The highest BCUT2D eigenvalue weighted by Gasteiger charge is 2.18. The lowest BCUT2D eigenvalue weighted by molar-refractivity contribution is -0.143. The summed E-state index contributed by atoms with van der Waals surface area (Å²) in [5.41, 5.74) is 0. The molecule has 0 heterocycles. The van der Waals surface area contributed by atoms with Crippen LogP contribution in [0.25, 0.3) is 0 Å². The molecule has 2 unspecified atom stereocenters. The molecule has 3 N–H and O–H groups in total. The molecule has 0 radical (unpaired) electrons. The summed E-state index contributed by atoms with van der Waals surface area (Å²) in [5, 5.41) is 23.0. The summed E-state index contributed by atoms with van der Waals surface area (Å²) in [4.78, 5) is 24.5. The van der Waals surface area contributed by atoms with E-state index >= 15 is 0 Å². The van der Waals surface area contributed by atoms with Gasteiger partial charge < -0.3 is 20.3 Å². The first-order chi connectivity index (χ1) is 38.0. The molecule has 0 aromatic carbocycles. The van der Waals surface area contributed by atoms with Crippen LogP contribution in [0.1, 0.15) is 354 Å². The Balaban J connectivity index is 3.39. The van der Waals surface area contributed by atoms with E-state index in [0.29, 0.717) is 19.4 Å². The number of aliphatic hydroxyl groups is 2. The maximum Gasteiger partial charge on any atom is 0.305 e. The van der Waals surface area contributed by atoms with Gasteiger partial charge in [-0.15, -0.1) is 0 Å². The van der Waals surface area contributed by atoms with Crippen molar-refractivity contribution in [3.63, 3.8) is 0 Å². The number of carbonyl (C=O) groups is 2. The highest BCUT2D eigenvalue weighted by Crippen LogP contribution is 2.17. The van der Waals surface area contributed by atoms with Crippen LogP contribution < -0.4 is 5.32 Å². The quantitative estimate of drug-likeness (QED) is 0.0320. The minimum Gasteiger partial charge on any atom is -0.466 e. The monoisotopic (exact) mass is 1080 g/mol. The zero-order valence-electron chi connectivity index (χ0n) is 51.4. The molecule has 0 aromatic rings. The number of hydrogen-bond donors (Lipinski definition) is 3. The standard InChI is InChI=1S/C71H131NO5/c1-3-5-7-9-11-13-15-16-17-38-41-45-49-53-57-61-65-71(76)77-66-62-58-54-50-46-42-39-36-34-32-30-28-26-24-22-20-18-19-21-23-25-27-29-31-33-35-37-40-44-48-52-56-60-64-70(75)72-68(67-73)69(74)63-59-55-51-47-43-14-12-10-8-6-4-2/h13,15,17,22,24,28,30,38,59,63,68-69,73-74H,3-12,14,16,18-21,23,25-27,29,31-37,39-58,60-62,64-67H2,1-2H3,(H,72,75)/b15-13-,24-22-,30-28-,38-17-,63-59+. The van der Waals surface area contributed by atoms with Crippen LogP contribution in [0.4, 0.5) is 0 Å². The van der Waals surface area contributed by atoms with Gasteiger partial charge in [-0.05, 0) is 96.3 Å². The van der Waals surface area contributed by atoms with Crippen molar-refractivity contribution in [2.75, 3.05) is 13.2 Å². The number of rotatable bonds is 63. The number of carbonyl (C=O) groups excluding carboxylic acids is 2. The first kappa shape index (κ1) is 74.6. The zero-order chi connectivity index (χ0) is 55.7. The van der Waals surface area contributed by atoms with E-state index in [1.807, 2.05) is 6.08 Å². The molecule has 0 bridgehead atoms. The lowest BCUT2D eigenvalue weighted by Crippen LogP contribution is -2.45. The maximum atomic E-state index is 12.4. The fraction of sp³-hybridized carbons (Fsp3) is 0.831. The number of ether oxygens (including phenoxy) is 1. The largest absolute Gasteiger partial charge is 0.466 e. The van der Waals surface area contributed by atoms with Crippen molar-refractivity contribution in [2.45, 2.75) is 366 Å². The van der Waals surface area contributed by atoms with Crippen molar-refractivity contribution in [3.8, 4) is 0 Å². The SMILES string of the molecule is CCCCCC/C=C\C/C=C\CCCCCCCC(=O)OCCCCCCCCCCC/C=C\C/C=C\CCCCCCCCCCCCCCCCCCCC(=O)NC(CO)C(O)/C=C/CCCCCCCCCCC.